The van der Waals surface area contributed by atoms with Gasteiger partial charge in [0, 0.05) is 60.5 Å². The number of pyridine rings is 1. The summed E-state index contributed by atoms with van der Waals surface area (Å²) in [5, 5.41) is 58.9. The van der Waals surface area contributed by atoms with Gasteiger partial charge in [0.1, 0.15) is 41.6 Å². The van der Waals surface area contributed by atoms with Crippen LogP contribution >= 0.6 is 0 Å². The summed E-state index contributed by atoms with van der Waals surface area (Å²) in [7, 11) is 1.30. The van der Waals surface area contributed by atoms with Crippen molar-refractivity contribution >= 4 is 35.1 Å². The van der Waals surface area contributed by atoms with Crippen molar-refractivity contribution in [2.24, 2.45) is 5.73 Å². The minimum atomic E-state index is -2.38. The number of hydrogen-bond acceptors (Lipinski definition) is 15. The molecule has 0 saturated carbocycles. The number of ether oxygens (including phenoxy) is 3. The number of carbonyl (C=O) groups excluding carboxylic acids is 6. The zero-order valence-corrected chi connectivity index (χ0v) is 32.3. The number of fused-ring (bicyclic) bond motifs is 3. The first-order valence-electron chi connectivity index (χ1n) is 19.1. The Hall–Kier alpha value is -5.79. The van der Waals surface area contributed by atoms with E-state index in [2.05, 4.69) is 10.3 Å². The van der Waals surface area contributed by atoms with Crippen LogP contribution < -0.4 is 15.8 Å². The Morgan fingerprint density at radius 1 is 1.10 bits per heavy atom. The van der Waals surface area contributed by atoms with E-state index in [0.717, 1.165) is 0 Å². The fourth-order valence-corrected chi connectivity index (χ4v) is 8.80. The van der Waals surface area contributed by atoms with E-state index in [-0.39, 0.29) is 46.5 Å². The highest BCUT2D eigenvalue weighted by Crippen LogP contribution is 2.52. The molecular weight excluding hydrogens is 772 g/mol. The average molecular weight is 817 g/mol. The van der Waals surface area contributed by atoms with Crippen molar-refractivity contribution in [3.63, 3.8) is 0 Å². The van der Waals surface area contributed by atoms with Gasteiger partial charge < -0.3 is 55.7 Å². The number of phenols is 2. The zero-order valence-electron chi connectivity index (χ0n) is 32.3. The summed E-state index contributed by atoms with van der Waals surface area (Å²) in [5.74, 6) is -6.84. The molecule has 3 aromatic rings. The van der Waals surface area contributed by atoms with Gasteiger partial charge in [-0.2, -0.15) is 0 Å². The highest BCUT2D eigenvalue weighted by molar-refractivity contribution is 6.31. The summed E-state index contributed by atoms with van der Waals surface area (Å²) < 4.78 is 17.6. The van der Waals surface area contributed by atoms with Crippen molar-refractivity contribution in [2.75, 3.05) is 20.3 Å². The number of nitrogens with two attached hydrogens (primary N) is 1. The summed E-state index contributed by atoms with van der Waals surface area (Å²) in [4.78, 5) is 85.9. The van der Waals surface area contributed by atoms with E-state index >= 15 is 0 Å². The van der Waals surface area contributed by atoms with Crippen LogP contribution in [0.3, 0.4) is 0 Å². The van der Waals surface area contributed by atoms with Gasteiger partial charge in [0.25, 0.3) is 0 Å². The van der Waals surface area contributed by atoms with Crippen molar-refractivity contribution in [1.29, 1.82) is 0 Å². The molecule has 0 unspecified atom stereocenters. The second kappa shape index (κ2) is 15.8. The minimum absolute atomic E-state index is 0.0420. The lowest BCUT2D eigenvalue weighted by Gasteiger charge is -2.43. The third kappa shape index (κ3) is 6.99. The number of amides is 3. The topological polar surface area (TPSA) is 285 Å². The standard InChI is InChI=1S/C41H44N4O14/c1-17(22-15-43-10-9-19(22)38(42)53)40(55)45-11-5-7-24(45)39(54)44-23-12-28(58-18(2)33(23)48)59-26-14-41(56,27(47)16-46)13-21-30(26)37(52)32-31(35(21)50)34(49)20-6-4-8-25(57-3)29(20)36(32)51/h4,6,8-10,15,17-18,23-24,26,28,33,46,48,50,52,56H,5,7,11-14,16H2,1-3H3,(H2,42,53)(H,44,54)/t17-,18+,23+,24-,26+,28+,33+,41+/m1/s1. The van der Waals surface area contributed by atoms with Gasteiger partial charge in [-0.25, -0.2) is 0 Å². The maximum atomic E-state index is 14.0. The van der Waals surface area contributed by atoms with Crippen LogP contribution in [0, 0.1) is 0 Å². The number of methoxy groups -OCH3 is 1. The number of rotatable bonds is 10. The van der Waals surface area contributed by atoms with E-state index in [1.54, 1.807) is 6.92 Å². The second-order valence-corrected chi connectivity index (χ2v) is 15.3. The zero-order chi connectivity index (χ0) is 42.7. The quantitative estimate of drug-likeness (QED) is 0.107. The average Bonchev–Trinajstić information content (AvgIpc) is 3.72. The molecule has 0 bridgehead atoms. The molecular formula is C41H44N4O14. The number of aromatic nitrogens is 1. The van der Waals surface area contributed by atoms with E-state index in [9.17, 15) is 54.3 Å². The number of nitrogens with zero attached hydrogens (tertiary/aromatic N) is 2. The lowest BCUT2D eigenvalue weighted by atomic mass is 9.72. The van der Waals surface area contributed by atoms with Crippen LogP contribution in [0.15, 0.2) is 36.7 Å². The summed E-state index contributed by atoms with van der Waals surface area (Å²) in [6, 6.07) is 3.70. The number of aliphatic hydroxyl groups excluding tert-OH is 2. The summed E-state index contributed by atoms with van der Waals surface area (Å²) in [6.45, 7) is 2.23. The SMILES string of the molecule is COc1cccc2c1C(=O)c1c(O)c3c(c(O)c1C2=O)C[C@@](O)(C(=O)CO)C[C@@H]3O[C@H]1C[C@H](NC(=O)[C@H]2CCCN2C(=O)[C@H](C)c2cnccc2C(N)=O)[C@@H](O)[C@H](C)O1. The first-order valence-corrected chi connectivity index (χ1v) is 19.1. The molecule has 7 rings (SSSR count). The van der Waals surface area contributed by atoms with Gasteiger partial charge in [-0.3, -0.25) is 33.8 Å². The fourth-order valence-electron chi connectivity index (χ4n) is 8.80. The Bertz CT molecular complexity index is 2280. The Morgan fingerprint density at radius 2 is 1.83 bits per heavy atom. The predicted octanol–water partition coefficient (Wildman–Crippen LogP) is 0.447. The summed E-state index contributed by atoms with van der Waals surface area (Å²) in [5.41, 5.74) is 1.71. The van der Waals surface area contributed by atoms with Crippen LogP contribution in [0.4, 0.5) is 0 Å². The molecule has 3 amide bonds. The van der Waals surface area contributed by atoms with Crippen LogP contribution in [0.2, 0.25) is 0 Å². The molecule has 2 aliphatic carbocycles. The molecule has 2 fully saturated rings. The monoisotopic (exact) mass is 816 g/mol. The van der Waals surface area contributed by atoms with Crippen molar-refractivity contribution in [3.05, 3.63) is 81.2 Å². The van der Waals surface area contributed by atoms with Crippen LogP contribution in [0.1, 0.15) is 110 Å². The molecule has 4 aliphatic rings. The van der Waals surface area contributed by atoms with Crippen LogP contribution in [-0.4, -0.2) is 127 Å². The van der Waals surface area contributed by atoms with E-state index < -0.39 is 125 Å². The van der Waals surface area contributed by atoms with Gasteiger partial charge in [-0.05, 0) is 44.4 Å². The lowest BCUT2D eigenvalue weighted by molar-refractivity contribution is -0.249. The molecule has 2 aliphatic heterocycles. The molecule has 18 nitrogen and oxygen atoms in total. The molecule has 2 saturated heterocycles. The molecule has 3 heterocycles. The van der Waals surface area contributed by atoms with E-state index in [4.69, 9.17) is 19.9 Å². The third-order valence-electron chi connectivity index (χ3n) is 11.9. The molecule has 312 valence electrons. The molecule has 0 spiro atoms. The molecule has 8 atom stereocenters. The molecule has 1 aromatic heterocycles. The van der Waals surface area contributed by atoms with Gasteiger partial charge in [0.2, 0.25) is 23.5 Å². The first-order chi connectivity index (χ1) is 28.0. The van der Waals surface area contributed by atoms with E-state index in [1.807, 2.05) is 0 Å². The van der Waals surface area contributed by atoms with Crippen molar-refractivity contribution in [2.45, 2.75) is 94.2 Å². The van der Waals surface area contributed by atoms with E-state index in [0.29, 0.717) is 18.4 Å². The Morgan fingerprint density at radius 3 is 2.53 bits per heavy atom. The highest BCUT2D eigenvalue weighted by atomic mass is 16.7. The number of aromatic hydroxyl groups is 2. The van der Waals surface area contributed by atoms with Crippen molar-refractivity contribution in [3.8, 4) is 17.2 Å². The maximum absolute atomic E-state index is 14.0. The summed E-state index contributed by atoms with van der Waals surface area (Å²) >= 11 is 0. The van der Waals surface area contributed by atoms with Crippen molar-refractivity contribution in [1.82, 2.24) is 15.2 Å². The number of primary amides is 1. The number of ketones is 3. The van der Waals surface area contributed by atoms with Gasteiger partial charge in [0.15, 0.2) is 17.9 Å². The number of nitrogens with one attached hydrogen (secondary N) is 1. The first kappa shape index (κ1) is 41.4. The number of likely N-dealkylation sites (tertiary alicyclic amines) is 1. The molecule has 2 aromatic carbocycles. The highest BCUT2D eigenvalue weighted by Gasteiger charge is 2.51. The molecule has 18 heteroatoms. The molecule has 59 heavy (non-hydrogen) atoms. The van der Waals surface area contributed by atoms with Crippen LogP contribution in [0.25, 0.3) is 0 Å². The Labute approximate surface area is 336 Å². The third-order valence-corrected chi connectivity index (χ3v) is 11.9. The predicted molar refractivity (Wildman–Crippen MR) is 202 cm³/mol. The van der Waals surface area contributed by atoms with Gasteiger partial charge in [-0.1, -0.05) is 12.1 Å². The smallest absolute Gasteiger partial charge is 0.249 e. The van der Waals surface area contributed by atoms with E-state index in [1.165, 1.54) is 55.6 Å². The maximum Gasteiger partial charge on any atom is 0.249 e. The molecule has 8 N–H and O–H groups in total. The fraction of sp³-hybridized carbons (Fsp3) is 0.439. The molecule has 0 radical (unpaired) electrons. The minimum Gasteiger partial charge on any atom is -0.507 e. The number of hydrogen-bond donors (Lipinski definition) is 7. The van der Waals surface area contributed by atoms with Gasteiger partial charge in [0.05, 0.1) is 48.0 Å². The van der Waals surface area contributed by atoms with Crippen molar-refractivity contribution < 1.29 is 68.5 Å². The number of aliphatic hydroxyl groups is 3. The number of benzene rings is 2. The number of Topliss-reactive ketones (excluding diaryl/α,β-unsaturated/α-hetero) is 1. The normalized spacial score (nSPS) is 26.6. The van der Waals surface area contributed by atoms with Crippen LogP contribution in [0.5, 0.6) is 17.2 Å². The number of carbonyl (C=O) groups is 6. The Kier molecular flexibility index (Phi) is 11.1. The van der Waals surface area contributed by atoms with Gasteiger partial charge >= 0.3 is 0 Å². The summed E-state index contributed by atoms with van der Waals surface area (Å²) in [6.07, 6.45) is -3.07. The lowest BCUT2D eigenvalue weighted by Crippen LogP contribution is -2.58. The van der Waals surface area contributed by atoms with Crippen LogP contribution in [-0.2, 0) is 30.3 Å². The number of phenolic OH excluding ortho intramolecular Hbond substituents is 2. The second-order valence-electron chi connectivity index (χ2n) is 15.3. The van der Waals surface area contributed by atoms with Gasteiger partial charge in [-0.15, -0.1) is 0 Å². The Balaban J connectivity index is 1.17. The largest absolute Gasteiger partial charge is 0.507 e.